The van der Waals surface area contributed by atoms with Crippen LogP contribution in [0.15, 0.2) is 42.5 Å². The number of ether oxygens (including phenoxy) is 2. The van der Waals surface area contributed by atoms with Crippen LogP contribution < -0.4 is 24.6 Å². The Morgan fingerprint density at radius 3 is 2.39 bits per heavy atom. The van der Waals surface area contributed by atoms with Crippen LogP contribution in [0.2, 0.25) is 0 Å². The highest BCUT2D eigenvalue weighted by Gasteiger charge is 2.24. The second-order valence-corrected chi connectivity index (χ2v) is 8.70. The summed E-state index contributed by atoms with van der Waals surface area (Å²) in [5.41, 5.74) is 3.70. The van der Waals surface area contributed by atoms with Crippen LogP contribution in [0, 0.1) is 6.92 Å². The van der Waals surface area contributed by atoms with Crippen molar-refractivity contribution >= 4 is 5.91 Å². The Morgan fingerprint density at radius 2 is 1.74 bits per heavy atom. The van der Waals surface area contributed by atoms with E-state index in [1.165, 1.54) is 11.1 Å². The van der Waals surface area contributed by atoms with Gasteiger partial charge in [0.25, 0.3) is 5.91 Å². The van der Waals surface area contributed by atoms with Gasteiger partial charge >= 0.3 is 0 Å². The lowest BCUT2D eigenvalue weighted by molar-refractivity contribution is -0.918. The number of hydrogen-bond acceptors (Lipinski definition) is 3. The molecule has 6 heteroatoms. The van der Waals surface area contributed by atoms with Crippen molar-refractivity contribution < 1.29 is 24.1 Å². The number of quaternary nitrogens is 2. The zero-order chi connectivity index (χ0) is 22.2. The smallest absolute Gasteiger partial charge is 0.275 e. The van der Waals surface area contributed by atoms with Gasteiger partial charge in [0.2, 0.25) is 0 Å². The number of methoxy groups -OCH3 is 2. The molecular weight excluding hydrogens is 390 g/mol. The lowest BCUT2D eigenvalue weighted by atomic mass is 10.0. The van der Waals surface area contributed by atoms with E-state index in [1.807, 2.05) is 12.1 Å². The van der Waals surface area contributed by atoms with Crippen LogP contribution in [0.5, 0.6) is 11.5 Å². The number of benzene rings is 2. The Labute approximate surface area is 186 Å². The summed E-state index contributed by atoms with van der Waals surface area (Å²) in [6.45, 7) is 6.57. The van der Waals surface area contributed by atoms with Crippen LogP contribution in [0.1, 0.15) is 29.5 Å². The molecule has 2 aromatic carbocycles. The largest absolute Gasteiger partial charge is 0.493 e. The van der Waals surface area contributed by atoms with Crippen molar-refractivity contribution in [2.45, 2.75) is 38.9 Å². The first-order valence-corrected chi connectivity index (χ1v) is 11.2. The molecule has 3 N–H and O–H groups in total. The average molecular weight is 428 g/mol. The molecule has 1 saturated heterocycles. The van der Waals surface area contributed by atoms with Gasteiger partial charge in [-0.2, -0.15) is 0 Å². The molecule has 1 aliphatic rings. The molecule has 1 aliphatic heterocycles. The zero-order valence-corrected chi connectivity index (χ0v) is 19.3. The quantitative estimate of drug-likeness (QED) is 0.543. The molecule has 168 valence electrons. The standard InChI is InChI=1S/C25H35N3O3/c1-19-14-23(30-3)24(31-4)15-21(19)17-27(2)18-25(29)26-22-10-12-28(13-11-22)16-20-8-6-5-7-9-20/h5-9,14-15,22H,10-13,16-18H2,1-4H3,(H,26,29)/p+2. The molecule has 0 spiro atoms. The summed E-state index contributed by atoms with van der Waals surface area (Å²) >= 11 is 0. The third-order valence-electron chi connectivity index (χ3n) is 6.15. The van der Waals surface area contributed by atoms with Crippen LogP contribution in [0.4, 0.5) is 0 Å². The van der Waals surface area contributed by atoms with E-state index in [-0.39, 0.29) is 5.91 Å². The second-order valence-electron chi connectivity index (χ2n) is 8.70. The van der Waals surface area contributed by atoms with Crippen LogP contribution in [-0.4, -0.2) is 52.9 Å². The lowest BCUT2D eigenvalue weighted by Gasteiger charge is -2.30. The molecule has 1 unspecified atom stereocenters. The lowest BCUT2D eigenvalue weighted by Crippen LogP contribution is -3.12. The number of hydrogen-bond donors (Lipinski definition) is 3. The van der Waals surface area contributed by atoms with Gasteiger partial charge in [-0.05, 0) is 24.6 Å². The van der Waals surface area contributed by atoms with E-state index in [9.17, 15) is 4.79 Å². The number of carbonyl (C=O) groups excluding carboxylic acids is 1. The number of aryl methyl sites for hydroxylation is 1. The summed E-state index contributed by atoms with van der Waals surface area (Å²) in [6.07, 6.45) is 2.09. The number of amides is 1. The van der Waals surface area contributed by atoms with Crippen LogP contribution in [0.3, 0.4) is 0 Å². The van der Waals surface area contributed by atoms with Crippen molar-refractivity contribution in [1.82, 2.24) is 5.32 Å². The van der Waals surface area contributed by atoms with Crippen molar-refractivity contribution in [1.29, 1.82) is 0 Å². The van der Waals surface area contributed by atoms with Gasteiger partial charge in [0, 0.05) is 30.0 Å². The summed E-state index contributed by atoms with van der Waals surface area (Å²) < 4.78 is 10.8. The minimum atomic E-state index is 0.132. The van der Waals surface area contributed by atoms with Gasteiger partial charge in [0.15, 0.2) is 18.0 Å². The molecule has 6 nitrogen and oxygen atoms in total. The molecule has 1 heterocycles. The minimum Gasteiger partial charge on any atom is -0.493 e. The van der Waals surface area contributed by atoms with E-state index in [0.717, 1.165) is 61.0 Å². The van der Waals surface area contributed by atoms with Gasteiger partial charge in [0.05, 0.1) is 34.4 Å². The summed E-state index contributed by atoms with van der Waals surface area (Å²) in [6, 6.07) is 15.0. The number of likely N-dealkylation sites (N-methyl/N-ethyl adjacent to an activating group) is 1. The van der Waals surface area contributed by atoms with Crippen LogP contribution in [-0.2, 0) is 17.9 Å². The third-order valence-corrected chi connectivity index (χ3v) is 6.15. The first-order chi connectivity index (χ1) is 15.0. The number of piperidine rings is 1. The highest BCUT2D eigenvalue weighted by molar-refractivity contribution is 5.77. The highest BCUT2D eigenvalue weighted by Crippen LogP contribution is 2.29. The van der Waals surface area contributed by atoms with Crippen LogP contribution in [0.25, 0.3) is 0 Å². The van der Waals surface area contributed by atoms with Crippen molar-refractivity contribution in [3.05, 3.63) is 59.2 Å². The Hall–Kier alpha value is -2.57. The molecular formula is C25H37N3O3+2. The molecule has 0 radical (unpaired) electrons. The molecule has 0 aromatic heterocycles. The van der Waals surface area contributed by atoms with Gasteiger partial charge in [-0.15, -0.1) is 0 Å². The average Bonchev–Trinajstić information content (AvgIpc) is 2.76. The number of nitrogens with one attached hydrogen (secondary N) is 3. The number of rotatable bonds is 9. The fraction of sp³-hybridized carbons (Fsp3) is 0.480. The minimum absolute atomic E-state index is 0.132. The molecule has 1 atom stereocenters. The predicted octanol–water partition coefficient (Wildman–Crippen LogP) is 0.391. The van der Waals surface area contributed by atoms with E-state index in [2.05, 4.69) is 49.6 Å². The monoisotopic (exact) mass is 427 g/mol. The van der Waals surface area contributed by atoms with Crippen molar-refractivity contribution in [3.63, 3.8) is 0 Å². The van der Waals surface area contributed by atoms with Gasteiger partial charge in [-0.25, -0.2) is 0 Å². The molecule has 1 fully saturated rings. The van der Waals surface area contributed by atoms with Gasteiger partial charge in [-0.3, -0.25) is 4.79 Å². The van der Waals surface area contributed by atoms with E-state index in [1.54, 1.807) is 19.1 Å². The topological polar surface area (TPSA) is 56.4 Å². The molecule has 1 amide bonds. The van der Waals surface area contributed by atoms with E-state index >= 15 is 0 Å². The molecule has 3 rings (SSSR count). The summed E-state index contributed by atoms with van der Waals surface area (Å²) in [4.78, 5) is 15.4. The summed E-state index contributed by atoms with van der Waals surface area (Å²) in [5, 5.41) is 3.26. The SMILES string of the molecule is COc1cc(C)c(C[NH+](C)CC(=O)NC2CC[NH+](Cc3ccccc3)CC2)cc1OC. The zero-order valence-electron chi connectivity index (χ0n) is 19.3. The maximum atomic E-state index is 12.6. The maximum Gasteiger partial charge on any atom is 0.275 e. The normalized spacial score (nSPS) is 19.5. The highest BCUT2D eigenvalue weighted by atomic mass is 16.5. The summed E-state index contributed by atoms with van der Waals surface area (Å²) in [7, 11) is 5.35. The van der Waals surface area contributed by atoms with Gasteiger partial charge in [-0.1, -0.05) is 30.3 Å². The maximum absolute atomic E-state index is 12.6. The Balaban J connectivity index is 1.44. The third kappa shape index (κ3) is 6.71. The first-order valence-electron chi connectivity index (χ1n) is 11.2. The Morgan fingerprint density at radius 1 is 1.10 bits per heavy atom. The molecule has 0 aliphatic carbocycles. The second kappa shape index (κ2) is 11.2. The fourth-order valence-corrected chi connectivity index (χ4v) is 4.39. The number of carbonyl (C=O) groups is 1. The molecule has 2 aromatic rings. The fourth-order valence-electron chi connectivity index (χ4n) is 4.39. The molecule has 31 heavy (non-hydrogen) atoms. The van der Waals surface area contributed by atoms with Crippen molar-refractivity contribution in [3.8, 4) is 11.5 Å². The van der Waals surface area contributed by atoms with Gasteiger partial charge in [0.1, 0.15) is 13.1 Å². The molecule has 0 saturated carbocycles. The van der Waals surface area contributed by atoms with E-state index in [0.29, 0.717) is 12.6 Å². The number of likely N-dealkylation sites (tertiary alicyclic amines) is 1. The Kier molecular flexibility index (Phi) is 8.32. The summed E-state index contributed by atoms with van der Waals surface area (Å²) in [5.74, 6) is 1.59. The van der Waals surface area contributed by atoms with E-state index < -0.39 is 0 Å². The van der Waals surface area contributed by atoms with E-state index in [4.69, 9.17) is 9.47 Å². The Bertz CT molecular complexity index is 849. The van der Waals surface area contributed by atoms with Crippen molar-refractivity contribution in [2.24, 2.45) is 0 Å². The van der Waals surface area contributed by atoms with Crippen molar-refractivity contribution in [2.75, 3.05) is 40.9 Å². The molecule has 0 bridgehead atoms. The predicted molar refractivity (Wildman–Crippen MR) is 122 cm³/mol. The van der Waals surface area contributed by atoms with Crippen LogP contribution >= 0.6 is 0 Å². The van der Waals surface area contributed by atoms with Gasteiger partial charge < -0.3 is 24.6 Å². The first kappa shape index (κ1) is 23.1.